The van der Waals surface area contributed by atoms with Crippen LogP contribution in [0.15, 0.2) is 36.4 Å². The molecule has 0 saturated heterocycles. The Bertz CT molecular complexity index is 1130. The maximum atomic E-state index is 12.6. The van der Waals surface area contributed by atoms with Crippen LogP contribution in [0.5, 0.6) is 0 Å². The fourth-order valence-corrected chi connectivity index (χ4v) is 3.73. The van der Waals surface area contributed by atoms with Crippen LogP contribution >= 0.6 is 0 Å². The first-order valence-electron chi connectivity index (χ1n) is 9.01. The predicted molar refractivity (Wildman–Crippen MR) is 102 cm³/mol. The topological polar surface area (TPSA) is 161 Å². The summed E-state index contributed by atoms with van der Waals surface area (Å²) in [6, 6.07) is 7.48. The van der Waals surface area contributed by atoms with E-state index >= 15 is 0 Å². The zero-order chi connectivity index (χ0) is 22.4. The summed E-state index contributed by atoms with van der Waals surface area (Å²) in [7, 11) is 0. The van der Waals surface area contributed by atoms with Crippen molar-refractivity contribution in [2.45, 2.75) is 6.42 Å². The maximum Gasteiger partial charge on any atom is 0.282 e. The van der Waals surface area contributed by atoms with E-state index < -0.39 is 44.9 Å². The molecule has 0 aromatic heterocycles. The number of nitrogens with zero attached hydrogens (tertiary/aromatic N) is 4. The highest BCUT2D eigenvalue weighted by Gasteiger charge is 2.42. The maximum absolute atomic E-state index is 12.6. The molecule has 0 saturated carbocycles. The third-order valence-electron chi connectivity index (χ3n) is 5.11. The summed E-state index contributed by atoms with van der Waals surface area (Å²) < 4.78 is 0. The molecule has 0 atom stereocenters. The third kappa shape index (κ3) is 2.92. The molecule has 2 aromatic rings. The lowest BCUT2D eigenvalue weighted by Crippen LogP contribution is -2.35. The molecule has 2 aliphatic rings. The Balaban J connectivity index is 1.50. The molecule has 0 bridgehead atoms. The largest absolute Gasteiger partial charge is 0.282 e. The zero-order valence-electron chi connectivity index (χ0n) is 15.6. The van der Waals surface area contributed by atoms with Crippen molar-refractivity contribution in [3.8, 4) is 0 Å². The molecule has 4 rings (SSSR count). The molecular formula is C19H12N4O8. The second-order valence-electron chi connectivity index (χ2n) is 6.79. The second-order valence-corrected chi connectivity index (χ2v) is 6.79. The van der Waals surface area contributed by atoms with Crippen LogP contribution in [0.3, 0.4) is 0 Å². The van der Waals surface area contributed by atoms with Crippen LogP contribution in [0.2, 0.25) is 0 Å². The highest BCUT2D eigenvalue weighted by molar-refractivity contribution is 6.24. The van der Waals surface area contributed by atoms with Crippen molar-refractivity contribution in [3.05, 3.63) is 78.9 Å². The van der Waals surface area contributed by atoms with Crippen LogP contribution in [-0.4, -0.2) is 56.4 Å². The Morgan fingerprint density at radius 3 is 1.39 bits per heavy atom. The van der Waals surface area contributed by atoms with Crippen molar-refractivity contribution >= 4 is 35.0 Å². The molecule has 2 aliphatic heterocycles. The van der Waals surface area contributed by atoms with E-state index in [2.05, 4.69) is 0 Å². The SMILES string of the molecule is O=C1c2cccc([N+](=O)[O-])c2C(=O)N1CCCN1C(=O)c2cccc([N+](=O)[O-])c2C1=O. The molecule has 4 amide bonds. The molecule has 0 radical (unpaired) electrons. The zero-order valence-corrected chi connectivity index (χ0v) is 15.6. The van der Waals surface area contributed by atoms with Crippen molar-refractivity contribution in [3.63, 3.8) is 0 Å². The summed E-state index contributed by atoms with van der Waals surface area (Å²) in [6.07, 6.45) is -0.00146. The van der Waals surface area contributed by atoms with E-state index in [1.165, 1.54) is 24.3 Å². The molecule has 0 spiro atoms. The number of benzene rings is 2. The number of carbonyl (C=O) groups excluding carboxylic acids is 4. The number of nitro benzene ring substituents is 2. The van der Waals surface area contributed by atoms with Gasteiger partial charge in [-0.2, -0.15) is 0 Å². The summed E-state index contributed by atoms with van der Waals surface area (Å²) in [5, 5.41) is 22.3. The van der Waals surface area contributed by atoms with Gasteiger partial charge in [-0.1, -0.05) is 12.1 Å². The first-order valence-corrected chi connectivity index (χ1v) is 9.01. The van der Waals surface area contributed by atoms with E-state index in [1.54, 1.807) is 0 Å². The molecule has 0 aliphatic carbocycles. The lowest BCUT2D eigenvalue weighted by atomic mass is 10.1. The van der Waals surface area contributed by atoms with E-state index in [1.807, 2.05) is 0 Å². The van der Waals surface area contributed by atoms with E-state index in [9.17, 15) is 39.4 Å². The van der Waals surface area contributed by atoms with Gasteiger partial charge in [0.15, 0.2) is 0 Å². The number of nitro groups is 2. The molecule has 156 valence electrons. The Kier molecular flexibility index (Phi) is 4.53. The summed E-state index contributed by atoms with van der Waals surface area (Å²) in [4.78, 5) is 72.6. The summed E-state index contributed by atoms with van der Waals surface area (Å²) in [5.41, 5.74) is -1.73. The van der Waals surface area contributed by atoms with Crippen molar-refractivity contribution in [1.82, 2.24) is 9.80 Å². The minimum Gasteiger partial charge on any atom is -0.274 e. The van der Waals surface area contributed by atoms with Crippen molar-refractivity contribution in [1.29, 1.82) is 0 Å². The molecule has 0 fully saturated rings. The quantitative estimate of drug-likeness (QED) is 0.385. The van der Waals surface area contributed by atoms with Gasteiger partial charge in [-0.3, -0.25) is 49.2 Å². The van der Waals surface area contributed by atoms with Crippen LogP contribution in [0, 0.1) is 20.2 Å². The predicted octanol–water partition coefficient (Wildman–Crippen LogP) is 1.79. The number of carbonyl (C=O) groups is 4. The fraction of sp³-hybridized carbons (Fsp3) is 0.158. The molecule has 0 unspecified atom stereocenters. The number of fused-ring (bicyclic) bond motifs is 2. The first-order chi connectivity index (χ1) is 14.7. The van der Waals surface area contributed by atoms with Crippen molar-refractivity contribution < 1.29 is 29.0 Å². The van der Waals surface area contributed by atoms with Crippen molar-refractivity contribution in [2.24, 2.45) is 0 Å². The molecule has 12 heteroatoms. The van der Waals surface area contributed by atoms with Crippen molar-refractivity contribution in [2.75, 3.05) is 13.1 Å². The number of imide groups is 2. The number of hydrogen-bond acceptors (Lipinski definition) is 8. The summed E-state index contributed by atoms with van der Waals surface area (Å²) in [5.74, 6) is -3.07. The second kappa shape index (κ2) is 7.09. The summed E-state index contributed by atoms with van der Waals surface area (Å²) in [6.45, 7) is -0.391. The van der Waals surface area contributed by atoms with E-state index in [0.717, 1.165) is 21.9 Å². The molecule has 0 N–H and O–H groups in total. The van der Waals surface area contributed by atoms with Gasteiger partial charge in [0.2, 0.25) is 0 Å². The van der Waals surface area contributed by atoms with Gasteiger partial charge in [-0.25, -0.2) is 0 Å². The van der Waals surface area contributed by atoms with Crippen LogP contribution in [-0.2, 0) is 0 Å². The fourth-order valence-electron chi connectivity index (χ4n) is 3.73. The van der Waals surface area contributed by atoms with E-state index in [-0.39, 0.29) is 41.8 Å². The van der Waals surface area contributed by atoms with Gasteiger partial charge in [0, 0.05) is 25.2 Å². The minimum atomic E-state index is -0.828. The Hall–Kier alpha value is -4.48. The van der Waals surface area contributed by atoms with Gasteiger partial charge >= 0.3 is 0 Å². The summed E-state index contributed by atoms with van der Waals surface area (Å²) >= 11 is 0. The van der Waals surface area contributed by atoms with Gasteiger partial charge in [-0.05, 0) is 18.6 Å². The van der Waals surface area contributed by atoms with Gasteiger partial charge in [0.1, 0.15) is 11.1 Å². The van der Waals surface area contributed by atoms with Crippen LogP contribution < -0.4 is 0 Å². The van der Waals surface area contributed by atoms with Gasteiger partial charge in [0.25, 0.3) is 35.0 Å². The smallest absolute Gasteiger partial charge is 0.274 e. The Labute approximate surface area is 173 Å². The molecular weight excluding hydrogens is 412 g/mol. The third-order valence-corrected chi connectivity index (χ3v) is 5.11. The van der Waals surface area contributed by atoms with E-state index in [4.69, 9.17) is 0 Å². The number of amides is 4. The minimum absolute atomic E-state index is 0.00146. The molecule has 2 aromatic carbocycles. The van der Waals surface area contributed by atoms with E-state index in [0.29, 0.717) is 0 Å². The number of rotatable bonds is 6. The Morgan fingerprint density at radius 1 is 0.645 bits per heavy atom. The number of hydrogen-bond donors (Lipinski definition) is 0. The molecule has 12 nitrogen and oxygen atoms in total. The molecule has 2 heterocycles. The van der Waals surface area contributed by atoms with Gasteiger partial charge in [0.05, 0.1) is 21.0 Å². The van der Waals surface area contributed by atoms with Crippen LogP contribution in [0.25, 0.3) is 0 Å². The van der Waals surface area contributed by atoms with Crippen LogP contribution in [0.4, 0.5) is 11.4 Å². The molecule has 31 heavy (non-hydrogen) atoms. The van der Waals surface area contributed by atoms with Crippen LogP contribution in [0.1, 0.15) is 47.9 Å². The monoisotopic (exact) mass is 424 g/mol. The Morgan fingerprint density at radius 2 is 1.03 bits per heavy atom. The first kappa shape index (κ1) is 19.8. The average molecular weight is 424 g/mol. The highest BCUT2D eigenvalue weighted by Crippen LogP contribution is 2.32. The standard InChI is InChI=1S/C19H12N4O8/c24-16-10-4-1-6-12(22(28)29)14(10)18(26)20(16)8-3-9-21-17(25)11-5-2-7-13(23(30)31)15(11)19(21)27/h1-2,4-7H,3,8-9H2. The lowest BCUT2D eigenvalue weighted by Gasteiger charge is -2.17. The lowest BCUT2D eigenvalue weighted by molar-refractivity contribution is -0.385. The highest BCUT2D eigenvalue weighted by atomic mass is 16.6. The van der Waals surface area contributed by atoms with Gasteiger partial charge in [-0.15, -0.1) is 0 Å². The van der Waals surface area contributed by atoms with Gasteiger partial charge < -0.3 is 0 Å². The normalized spacial score (nSPS) is 14.8. The average Bonchev–Trinajstić information content (AvgIpc) is 3.13.